The van der Waals surface area contributed by atoms with Gasteiger partial charge in [-0.1, -0.05) is 25.1 Å². The first-order valence-corrected chi connectivity index (χ1v) is 5.04. The third-order valence-corrected chi connectivity index (χ3v) is 2.09. The monoisotopic (exact) mass is 205 g/mol. The molecule has 0 saturated heterocycles. The number of hydrogen-bond donors (Lipinski definition) is 0. The van der Waals surface area contributed by atoms with Gasteiger partial charge in [-0.05, 0) is 18.6 Å². The minimum absolute atomic E-state index is 0.203. The van der Waals surface area contributed by atoms with Crippen LogP contribution in [0.2, 0.25) is 0 Å². The first-order valence-electron chi connectivity index (χ1n) is 5.04. The second-order valence-electron chi connectivity index (χ2n) is 3.34. The van der Waals surface area contributed by atoms with Crippen molar-refractivity contribution in [2.45, 2.75) is 20.3 Å². The summed E-state index contributed by atoms with van der Waals surface area (Å²) in [5, 5.41) is 0. The fourth-order valence-corrected chi connectivity index (χ4v) is 1.36. The predicted molar refractivity (Wildman–Crippen MR) is 58.5 cm³/mol. The van der Waals surface area contributed by atoms with Gasteiger partial charge in [-0.25, -0.2) is 0 Å². The summed E-state index contributed by atoms with van der Waals surface area (Å²) in [7, 11) is 0. The van der Waals surface area contributed by atoms with Gasteiger partial charge in [-0.2, -0.15) is 0 Å². The highest BCUT2D eigenvalue weighted by Gasteiger charge is 2.17. The maximum Gasteiger partial charge on any atom is 0.260 e. The molecule has 1 aromatic rings. The second-order valence-corrected chi connectivity index (χ2v) is 3.34. The van der Waals surface area contributed by atoms with Crippen molar-refractivity contribution in [1.29, 1.82) is 0 Å². The third-order valence-electron chi connectivity index (χ3n) is 2.09. The molecule has 0 aliphatic rings. The first-order chi connectivity index (χ1) is 7.16. The lowest BCUT2D eigenvalue weighted by molar-refractivity contribution is -0.126. The third kappa shape index (κ3) is 2.91. The molecule has 0 radical (unpaired) electrons. The van der Waals surface area contributed by atoms with Gasteiger partial charge in [-0.15, -0.1) is 0 Å². The van der Waals surface area contributed by atoms with Gasteiger partial charge >= 0.3 is 0 Å². The first kappa shape index (κ1) is 11.4. The molecule has 0 bridgehead atoms. The van der Waals surface area contributed by atoms with Crippen LogP contribution in [0.25, 0.3) is 0 Å². The molecule has 0 fully saturated rings. The highest BCUT2D eigenvalue weighted by atomic mass is 16.2. The normalized spacial score (nSPS) is 9.73. The Kier molecular flexibility index (Phi) is 4.03. The zero-order valence-electron chi connectivity index (χ0n) is 9.06. The SMILES string of the molecule is CCCN(C(C)=O)C(=O)c1ccccc1. The van der Waals surface area contributed by atoms with E-state index >= 15 is 0 Å². The molecule has 0 spiro atoms. The van der Waals surface area contributed by atoms with Gasteiger partial charge in [-0.3, -0.25) is 14.5 Å². The average molecular weight is 205 g/mol. The Morgan fingerprint density at radius 1 is 1.20 bits per heavy atom. The molecule has 0 heterocycles. The summed E-state index contributed by atoms with van der Waals surface area (Å²) >= 11 is 0. The fourth-order valence-electron chi connectivity index (χ4n) is 1.36. The van der Waals surface area contributed by atoms with Crippen LogP contribution in [-0.2, 0) is 4.79 Å². The molecule has 1 aromatic carbocycles. The number of amides is 2. The van der Waals surface area contributed by atoms with Crippen LogP contribution in [0.1, 0.15) is 30.6 Å². The molecular weight excluding hydrogens is 190 g/mol. The van der Waals surface area contributed by atoms with Gasteiger partial charge in [0.2, 0.25) is 5.91 Å². The van der Waals surface area contributed by atoms with Crippen molar-refractivity contribution in [2.75, 3.05) is 6.54 Å². The van der Waals surface area contributed by atoms with Crippen LogP contribution in [0, 0.1) is 0 Å². The number of carbonyl (C=O) groups excluding carboxylic acids is 2. The van der Waals surface area contributed by atoms with E-state index in [9.17, 15) is 9.59 Å². The van der Waals surface area contributed by atoms with E-state index in [1.165, 1.54) is 11.8 Å². The van der Waals surface area contributed by atoms with Crippen LogP contribution >= 0.6 is 0 Å². The molecule has 3 nitrogen and oxygen atoms in total. The van der Waals surface area contributed by atoms with Crippen LogP contribution in [0.5, 0.6) is 0 Å². The van der Waals surface area contributed by atoms with Crippen molar-refractivity contribution >= 4 is 11.8 Å². The average Bonchev–Trinajstić information content (AvgIpc) is 2.26. The molecule has 15 heavy (non-hydrogen) atoms. The summed E-state index contributed by atoms with van der Waals surface area (Å²) in [4.78, 5) is 24.4. The molecule has 3 heteroatoms. The number of benzene rings is 1. The van der Waals surface area contributed by atoms with E-state index in [1.54, 1.807) is 24.3 Å². The number of nitrogens with zero attached hydrogens (tertiary/aromatic N) is 1. The molecule has 0 aliphatic carbocycles. The molecular formula is C12H15NO2. The standard InChI is InChI=1S/C12H15NO2/c1-3-9-13(10(2)14)12(15)11-7-5-4-6-8-11/h4-8H,3,9H2,1-2H3. The largest absolute Gasteiger partial charge is 0.279 e. The second kappa shape index (κ2) is 5.29. The zero-order valence-corrected chi connectivity index (χ0v) is 9.06. The highest BCUT2D eigenvalue weighted by Crippen LogP contribution is 2.05. The van der Waals surface area contributed by atoms with Crippen LogP contribution in [0.15, 0.2) is 30.3 Å². The van der Waals surface area contributed by atoms with Gasteiger partial charge in [0.1, 0.15) is 0 Å². The van der Waals surface area contributed by atoms with Crippen molar-refractivity contribution in [3.8, 4) is 0 Å². The molecule has 0 saturated carbocycles. The maximum atomic E-state index is 11.9. The van der Waals surface area contributed by atoms with Crippen LogP contribution in [0.3, 0.4) is 0 Å². The molecule has 1 rings (SSSR count). The van der Waals surface area contributed by atoms with E-state index in [-0.39, 0.29) is 11.8 Å². The lowest BCUT2D eigenvalue weighted by Crippen LogP contribution is -2.35. The van der Waals surface area contributed by atoms with Crippen LogP contribution in [0.4, 0.5) is 0 Å². The number of hydrogen-bond acceptors (Lipinski definition) is 2. The Morgan fingerprint density at radius 3 is 2.27 bits per heavy atom. The van der Waals surface area contributed by atoms with E-state index in [0.717, 1.165) is 6.42 Å². The van der Waals surface area contributed by atoms with Crippen LogP contribution in [-0.4, -0.2) is 23.3 Å². The Labute approximate surface area is 89.7 Å². The summed E-state index contributed by atoms with van der Waals surface area (Å²) in [6.45, 7) is 3.83. The predicted octanol–water partition coefficient (Wildman–Crippen LogP) is 2.09. The van der Waals surface area contributed by atoms with Crippen molar-refractivity contribution in [1.82, 2.24) is 4.90 Å². The van der Waals surface area contributed by atoms with Crippen LogP contribution < -0.4 is 0 Å². The maximum absolute atomic E-state index is 11.9. The molecule has 2 amide bonds. The van der Waals surface area contributed by atoms with E-state index in [1.807, 2.05) is 13.0 Å². The molecule has 0 N–H and O–H groups in total. The summed E-state index contributed by atoms with van der Waals surface area (Å²) in [6, 6.07) is 8.85. The Hall–Kier alpha value is -1.64. The molecule has 0 atom stereocenters. The molecule has 0 unspecified atom stereocenters. The summed E-state index contributed by atoms with van der Waals surface area (Å²) < 4.78 is 0. The van der Waals surface area contributed by atoms with Crippen molar-refractivity contribution in [3.05, 3.63) is 35.9 Å². The number of rotatable bonds is 3. The topological polar surface area (TPSA) is 37.4 Å². The lowest BCUT2D eigenvalue weighted by Gasteiger charge is -2.18. The van der Waals surface area contributed by atoms with Gasteiger partial charge in [0.15, 0.2) is 0 Å². The van der Waals surface area contributed by atoms with E-state index < -0.39 is 0 Å². The lowest BCUT2D eigenvalue weighted by atomic mass is 10.2. The summed E-state index contributed by atoms with van der Waals surface area (Å²) in [5.41, 5.74) is 0.557. The zero-order chi connectivity index (χ0) is 11.3. The van der Waals surface area contributed by atoms with Crippen molar-refractivity contribution in [3.63, 3.8) is 0 Å². The quantitative estimate of drug-likeness (QED) is 0.757. The minimum Gasteiger partial charge on any atom is -0.279 e. The molecule has 0 aromatic heterocycles. The van der Waals surface area contributed by atoms with Crippen molar-refractivity contribution in [2.24, 2.45) is 0 Å². The summed E-state index contributed by atoms with van der Waals surface area (Å²) in [6.07, 6.45) is 0.776. The Morgan fingerprint density at radius 2 is 1.80 bits per heavy atom. The van der Waals surface area contributed by atoms with E-state index in [4.69, 9.17) is 0 Å². The van der Waals surface area contributed by atoms with E-state index in [0.29, 0.717) is 12.1 Å². The smallest absolute Gasteiger partial charge is 0.260 e. The van der Waals surface area contributed by atoms with Gasteiger partial charge in [0.25, 0.3) is 5.91 Å². The molecule has 0 aliphatic heterocycles. The minimum atomic E-state index is -0.218. The Bertz CT molecular complexity index is 346. The fraction of sp³-hybridized carbons (Fsp3) is 0.333. The van der Waals surface area contributed by atoms with E-state index in [2.05, 4.69) is 0 Å². The number of carbonyl (C=O) groups is 2. The Balaban J connectivity index is 2.86. The van der Waals surface area contributed by atoms with Gasteiger partial charge in [0.05, 0.1) is 0 Å². The number of imide groups is 1. The van der Waals surface area contributed by atoms with Crippen molar-refractivity contribution < 1.29 is 9.59 Å². The van der Waals surface area contributed by atoms with Gasteiger partial charge in [0, 0.05) is 19.0 Å². The van der Waals surface area contributed by atoms with Gasteiger partial charge < -0.3 is 0 Å². The molecule has 80 valence electrons. The summed E-state index contributed by atoms with van der Waals surface area (Å²) in [5.74, 6) is -0.421. The highest BCUT2D eigenvalue weighted by molar-refractivity contribution is 6.04.